The van der Waals surface area contributed by atoms with E-state index in [-0.39, 0.29) is 5.91 Å². The van der Waals surface area contributed by atoms with Crippen LogP contribution >= 0.6 is 0 Å². The number of anilines is 1. The van der Waals surface area contributed by atoms with E-state index < -0.39 is 0 Å². The Morgan fingerprint density at radius 3 is 2.60 bits per heavy atom. The molecule has 25 heavy (non-hydrogen) atoms. The van der Waals surface area contributed by atoms with E-state index in [0.717, 1.165) is 36.9 Å². The summed E-state index contributed by atoms with van der Waals surface area (Å²) >= 11 is 0. The van der Waals surface area contributed by atoms with Crippen LogP contribution in [0.15, 0.2) is 48.5 Å². The number of hydrogen-bond donors (Lipinski definition) is 0. The van der Waals surface area contributed by atoms with E-state index >= 15 is 0 Å². The lowest BCUT2D eigenvalue weighted by atomic mass is 10.1. The normalized spacial score (nSPS) is 17.0. The maximum atomic E-state index is 12.9. The third kappa shape index (κ3) is 3.63. The number of likely N-dealkylation sites (N-methyl/N-ethyl adjacent to an activating group) is 1. The third-order valence-corrected chi connectivity index (χ3v) is 5.04. The van der Waals surface area contributed by atoms with Gasteiger partial charge < -0.3 is 14.5 Å². The van der Waals surface area contributed by atoms with Crippen LogP contribution in [0.4, 0.5) is 5.69 Å². The topological polar surface area (TPSA) is 32.8 Å². The van der Waals surface area contributed by atoms with Crippen LogP contribution in [-0.4, -0.2) is 37.6 Å². The molecular weight excluding hydrogens is 312 g/mol. The van der Waals surface area contributed by atoms with Gasteiger partial charge in [-0.1, -0.05) is 18.2 Å². The summed E-state index contributed by atoms with van der Waals surface area (Å²) in [6.45, 7) is 3.01. The van der Waals surface area contributed by atoms with Crippen molar-refractivity contribution in [3.8, 4) is 5.75 Å². The molecule has 0 radical (unpaired) electrons. The molecule has 0 saturated heterocycles. The highest BCUT2D eigenvalue weighted by atomic mass is 16.5. The summed E-state index contributed by atoms with van der Waals surface area (Å²) in [5, 5.41) is 0. The molecule has 4 heteroatoms. The van der Waals surface area contributed by atoms with Crippen LogP contribution in [0.1, 0.15) is 28.8 Å². The average molecular weight is 336 g/mol. The van der Waals surface area contributed by atoms with Crippen LogP contribution in [0.2, 0.25) is 0 Å². The number of amides is 1. The van der Waals surface area contributed by atoms with Gasteiger partial charge in [-0.05, 0) is 54.7 Å². The molecule has 1 aliphatic carbocycles. The minimum atomic E-state index is 0.0823. The molecule has 1 heterocycles. The predicted octanol–water partition coefficient (Wildman–Crippen LogP) is 3.57. The number of nitrogens with zero attached hydrogens (tertiary/aromatic N) is 2. The molecule has 2 aliphatic rings. The van der Waals surface area contributed by atoms with E-state index in [4.69, 9.17) is 4.74 Å². The zero-order chi connectivity index (χ0) is 17.2. The molecule has 130 valence electrons. The number of fused-ring (bicyclic) bond motifs is 1. The van der Waals surface area contributed by atoms with Gasteiger partial charge in [0.15, 0.2) is 0 Å². The van der Waals surface area contributed by atoms with Crippen LogP contribution in [-0.2, 0) is 6.54 Å². The number of ether oxygens (including phenoxy) is 1. The molecule has 0 atom stereocenters. The van der Waals surface area contributed by atoms with Crippen molar-refractivity contribution in [1.82, 2.24) is 4.90 Å². The lowest BCUT2D eigenvalue weighted by molar-refractivity contribution is 0.0751. The summed E-state index contributed by atoms with van der Waals surface area (Å²) in [6, 6.07) is 15.9. The van der Waals surface area contributed by atoms with Gasteiger partial charge in [-0.3, -0.25) is 4.79 Å². The first-order valence-corrected chi connectivity index (χ1v) is 9.02. The fourth-order valence-corrected chi connectivity index (χ4v) is 3.24. The molecule has 1 fully saturated rings. The average Bonchev–Trinajstić information content (AvgIpc) is 3.48. The zero-order valence-corrected chi connectivity index (χ0v) is 14.6. The van der Waals surface area contributed by atoms with E-state index in [1.54, 1.807) is 0 Å². The molecule has 0 spiro atoms. The van der Waals surface area contributed by atoms with Crippen LogP contribution in [0.5, 0.6) is 5.75 Å². The standard InChI is InChI=1S/C21H24N2O2/c1-22-12-13-23(14-18-4-2-3-5-20(18)22)21(24)17-8-10-19(11-9-17)25-15-16-6-7-16/h2-5,8-11,16H,6-7,12-15H2,1H3. The van der Waals surface area contributed by atoms with Crippen LogP contribution in [0.25, 0.3) is 0 Å². The minimum Gasteiger partial charge on any atom is -0.493 e. The Balaban J connectivity index is 1.46. The quantitative estimate of drug-likeness (QED) is 0.856. The molecule has 4 nitrogen and oxygen atoms in total. The van der Waals surface area contributed by atoms with Crippen molar-refractivity contribution < 1.29 is 9.53 Å². The summed E-state index contributed by atoms with van der Waals surface area (Å²) in [6.07, 6.45) is 2.56. The molecular formula is C21H24N2O2. The highest BCUT2D eigenvalue weighted by molar-refractivity contribution is 5.94. The second-order valence-corrected chi connectivity index (χ2v) is 7.06. The summed E-state index contributed by atoms with van der Waals surface area (Å²) in [5.74, 6) is 1.67. The highest BCUT2D eigenvalue weighted by Crippen LogP contribution is 2.29. The monoisotopic (exact) mass is 336 g/mol. The fraction of sp³-hybridized carbons (Fsp3) is 0.381. The number of carbonyl (C=O) groups is 1. The minimum absolute atomic E-state index is 0.0823. The smallest absolute Gasteiger partial charge is 0.254 e. The first kappa shape index (κ1) is 16.0. The predicted molar refractivity (Wildman–Crippen MR) is 99.1 cm³/mol. The van der Waals surface area contributed by atoms with Crippen molar-refractivity contribution in [2.45, 2.75) is 19.4 Å². The van der Waals surface area contributed by atoms with Gasteiger partial charge in [0, 0.05) is 37.9 Å². The maximum absolute atomic E-state index is 12.9. The van der Waals surface area contributed by atoms with Crippen molar-refractivity contribution in [2.24, 2.45) is 5.92 Å². The van der Waals surface area contributed by atoms with Gasteiger partial charge >= 0.3 is 0 Å². The van der Waals surface area contributed by atoms with Crippen molar-refractivity contribution in [3.63, 3.8) is 0 Å². The van der Waals surface area contributed by atoms with Crippen LogP contribution in [0, 0.1) is 5.92 Å². The first-order chi connectivity index (χ1) is 12.2. The number of rotatable bonds is 4. The first-order valence-electron chi connectivity index (χ1n) is 9.02. The Morgan fingerprint density at radius 1 is 1.08 bits per heavy atom. The summed E-state index contributed by atoms with van der Waals surface area (Å²) in [4.78, 5) is 17.1. The Labute approximate surface area is 149 Å². The molecule has 1 amide bonds. The Hall–Kier alpha value is -2.49. The van der Waals surface area contributed by atoms with Gasteiger partial charge in [0.25, 0.3) is 5.91 Å². The SMILES string of the molecule is CN1CCN(C(=O)c2ccc(OCC3CC3)cc2)Cc2ccccc21. The Bertz CT molecular complexity index is 753. The largest absolute Gasteiger partial charge is 0.493 e. The van der Waals surface area contributed by atoms with Gasteiger partial charge in [0.1, 0.15) is 5.75 Å². The van der Waals surface area contributed by atoms with Crippen molar-refractivity contribution in [1.29, 1.82) is 0 Å². The van der Waals surface area contributed by atoms with Gasteiger partial charge in [0.2, 0.25) is 0 Å². The molecule has 0 unspecified atom stereocenters. The summed E-state index contributed by atoms with van der Waals surface area (Å²) in [5.41, 5.74) is 3.13. The molecule has 0 N–H and O–H groups in total. The third-order valence-electron chi connectivity index (χ3n) is 5.04. The van der Waals surface area contributed by atoms with E-state index in [1.165, 1.54) is 24.1 Å². The molecule has 0 bridgehead atoms. The molecule has 4 rings (SSSR count). The highest BCUT2D eigenvalue weighted by Gasteiger charge is 2.23. The zero-order valence-electron chi connectivity index (χ0n) is 14.6. The second kappa shape index (κ2) is 6.79. The van der Waals surface area contributed by atoms with Crippen molar-refractivity contribution in [2.75, 3.05) is 31.6 Å². The van der Waals surface area contributed by atoms with Crippen LogP contribution < -0.4 is 9.64 Å². The number of benzene rings is 2. The Kier molecular flexibility index (Phi) is 4.35. The number of hydrogen-bond acceptors (Lipinski definition) is 3. The molecule has 0 aromatic heterocycles. The van der Waals surface area contributed by atoms with Gasteiger partial charge in [-0.15, -0.1) is 0 Å². The van der Waals surface area contributed by atoms with Gasteiger partial charge in [-0.2, -0.15) is 0 Å². The van der Waals surface area contributed by atoms with E-state index in [9.17, 15) is 4.79 Å². The second-order valence-electron chi connectivity index (χ2n) is 7.06. The molecule has 2 aromatic rings. The lowest BCUT2D eigenvalue weighted by Gasteiger charge is -2.21. The fourth-order valence-electron chi connectivity index (χ4n) is 3.24. The van der Waals surface area contributed by atoms with Gasteiger partial charge in [-0.25, -0.2) is 0 Å². The summed E-state index contributed by atoms with van der Waals surface area (Å²) in [7, 11) is 2.08. The van der Waals surface area contributed by atoms with Crippen molar-refractivity contribution >= 4 is 11.6 Å². The summed E-state index contributed by atoms with van der Waals surface area (Å²) < 4.78 is 5.76. The van der Waals surface area contributed by atoms with Crippen molar-refractivity contribution in [3.05, 3.63) is 59.7 Å². The van der Waals surface area contributed by atoms with E-state index in [0.29, 0.717) is 6.54 Å². The van der Waals surface area contributed by atoms with E-state index in [1.807, 2.05) is 41.3 Å². The molecule has 1 saturated carbocycles. The molecule has 2 aromatic carbocycles. The Morgan fingerprint density at radius 2 is 1.84 bits per heavy atom. The van der Waals surface area contributed by atoms with Gasteiger partial charge in [0.05, 0.1) is 6.61 Å². The van der Waals surface area contributed by atoms with E-state index in [2.05, 4.69) is 24.1 Å². The number of carbonyl (C=O) groups excluding carboxylic acids is 1. The number of para-hydroxylation sites is 1. The molecule has 1 aliphatic heterocycles. The maximum Gasteiger partial charge on any atom is 0.254 e. The van der Waals surface area contributed by atoms with Crippen LogP contribution in [0.3, 0.4) is 0 Å². The lowest BCUT2D eigenvalue weighted by Crippen LogP contribution is -2.34.